The molecule has 0 saturated carbocycles. The van der Waals surface area contributed by atoms with Gasteiger partial charge in [0.1, 0.15) is 19.0 Å². The first kappa shape index (κ1) is 20.7. The summed E-state index contributed by atoms with van der Waals surface area (Å²) in [4.78, 5) is 20.7. The number of aromatic nitrogens is 2. The molecule has 0 bridgehead atoms. The largest absolute Gasteiger partial charge is 0.382 e. The molecule has 3 aromatic rings. The van der Waals surface area contributed by atoms with Crippen LogP contribution in [0.15, 0.2) is 54.9 Å². The van der Waals surface area contributed by atoms with Gasteiger partial charge in [-0.2, -0.15) is 0 Å². The van der Waals surface area contributed by atoms with Crippen LogP contribution in [0.5, 0.6) is 0 Å². The fourth-order valence-electron chi connectivity index (χ4n) is 2.76. The van der Waals surface area contributed by atoms with Crippen molar-refractivity contribution in [2.75, 3.05) is 39.3 Å². The Morgan fingerprint density at radius 3 is 2.69 bits per heavy atom. The van der Waals surface area contributed by atoms with Crippen LogP contribution in [-0.4, -0.2) is 44.0 Å². The van der Waals surface area contributed by atoms with E-state index in [9.17, 15) is 0 Å². The van der Waals surface area contributed by atoms with Crippen molar-refractivity contribution < 1.29 is 19.1 Å². The van der Waals surface area contributed by atoms with Gasteiger partial charge in [0.05, 0.1) is 18.7 Å². The molecule has 150 valence electrons. The fourth-order valence-corrected chi connectivity index (χ4v) is 2.76. The Hall–Kier alpha value is -3.02. The van der Waals surface area contributed by atoms with Crippen LogP contribution in [0.2, 0.25) is 0 Å². The molecule has 1 heterocycles. The van der Waals surface area contributed by atoms with E-state index in [-0.39, 0.29) is 6.61 Å². The molecule has 0 aliphatic carbocycles. The van der Waals surface area contributed by atoms with Gasteiger partial charge in [-0.3, -0.25) is 0 Å². The van der Waals surface area contributed by atoms with E-state index in [0.29, 0.717) is 19.0 Å². The third kappa shape index (κ3) is 5.28. The van der Waals surface area contributed by atoms with Crippen LogP contribution in [0.3, 0.4) is 0 Å². The molecule has 1 aromatic heterocycles. The maximum atomic E-state index is 6.19. The minimum atomic E-state index is -0.468. The summed E-state index contributed by atoms with van der Waals surface area (Å²) >= 11 is 0. The lowest BCUT2D eigenvalue weighted by atomic mass is 10.1. The Bertz CT molecular complexity index is 968. The predicted molar refractivity (Wildman–Crippen MR) is 110 cm³/mol. The van der Waals surface area contributed by atoms with Gasteiger partial charge in [0, 0.05) is 25.2 Å². The van der Waals surface area contributed by atoms with E-state index in [2.05, 4.69) is 15.9 Å². The van der Waals surface area contributed by atoms with Crippen molar-refractivity contribution in [1.82, 2.24) is 9.97 Å². The summed E-state index contributed by atoms with van der Waals surface area (Å²) in [6.07, 6.45) is 6.54. The normalized spacial score (nSPS) is 11.9. The van der Waals surface area contributed by atoms with Crippen LogP contribution in [-0.2, 0) is 19.1 Å². The number of rotatable bonds is 10. The van der Waals surface area contributed by atoms with E-state index < -0.39 is 6.10 Å². The van der Waals surface area contributed by atoms with Crippen LogP contribution in [0.25, 0.3) is 10.9 Å². The molecule has 0 amide bonds. The first-order valence-electron chi connectivity index (χ1n) is 9.10. The summed E-state index contributed by atoms with van der Waals surface area (Å²) < 4.78 is 10.5. The number of methoxy groups -OCH3 is 2. The number of hydrogen-bond acceptors (Lipinski definition) is 7. The lowest BCUT2D eigenvalue weighted by Gasteiger charge is -2.27. The topological polar surface area (TPSA) is 65.9 Å². The smallest absolute Gasteiger partial charge is 0.194 e. The molecule has 1 unspecified atom stereocenters. The molecule has 0 N–H and O–H groups in total. The number of anilines is 1. The van der Waals surface area contributed by atoms with Crippen LogP contribution in [0.4, 0.5) is 5.82 Å². The second-order valence-corrected chi connectivity index (χ2v) is 6.12. The average molecular weight is 393 g/mol. The number of hydrogen-bond donors (Lipinski definition) is 0. The lowest BCUT2D eigenvalue weighted by molar-refractivity contribution is -0.144. The molecule has 7 heteroatoms. The van der Waals surface area contributed by atoms with Crippen molar-refractivity contribution in [3.05, 3.63) is 66.0 Å². The van der Waals surface area contributed by atoms with Crippen molar-refractivity contribution in [3.63, 3.8) is 0 Å². The zero-order valence-electron chi connectivity index (χ0n) is 16.4. The number of terminal acetylenes is 1. The van der Waals surface area contributed by atoms with Gasteiger partial charge in [0.25, 0.3) is 0 Å². The summed E-state index contributed by atoms with van der Waals surface area (Å²) in [5, 5.41) is 2.09. The summed E-state index contributed by atoms with van der Waals surface area (Å²) in [6.45, 7) is 0.963. The van der Waals surface area contributed by atoms with Gasteiger partial charge >= 0.3 is 0 Å². The average Bonchev–Trinajstić information content (AvgIpc) is 2.77. The summed E-state index contributed by atoms with van der Waals surface area (Å²) in [7, 11) is 3.21. The van der Waals surface area contributed by atoms with Crippen molar-refractivity contribution in [1.29, 1.82) is 0 Å². The Labute approximate surface area is 170 Å². The second kappa shape index (κ2) is 10.5. The lowest BCUT2D eigenvalue weighted by Crippen LogP contribution is -2.30. The molecule has 0 aliphatic rings. The highest BCUT2D eigenvalue weighted by molar-refractivity contribution is 5.88. The van der Waals surface area contributed by atoms with Gasteiger partial charge in [-0.05, 0) is 29.8 Å². The Kier molecular flexibility index (Phi) is 7.50. The highest BCUT2D eigenvalue weighted by Gasteiger charge is 2.22. The number of ether oxygens (including phenoxy) is 2. The van der Waals surface area contributed by atoms with Crippen molar-refractivity contribution in [2.24, 2.45) is 0 Å². The molecule has 3 rings (SSSR count). The molecule has 0 spiro atoms. The van der Waals surface area contributed by atoms with Crippen LogP contribution < -0.4 is 5.23 Å². The third-order valence-electron chi connectivity index (χ3n) is 4.16. The first-order valence-corrected chi connectivity index (χ1v) is 9.10. The van der Waals surface area contributed by atoms with Gasteiger partial charge in [-0.25, -0.2) is 19.6 Å². The molecule has 7 nitrogen and oxygen atoms in total. The Morgan fingerprint density at radius 2 is 1.90 bits per heavy atom. The van der Waals surface area contributed by atoms with E-state index in [1.54, 1.807) is 14.2 Å². The molecule has 0 radical (unpaired) electrons. The predicted octanol–water partition coefficient (Wildman–Crippen LogP) is 3.31. The van der Waals surface area contributed by atoms with E-state index >= 15 is 0 Å². The van der Waals surface area contributed by atoms with Crippen molar-refractivity contribution in [2.45, 2.75) is 6.10 Å². The van der Waals surface area contributed by atoms with Crippen molar-refractivity contribution >= 4 is 16.7 Å². The number of benzene rings is 2. The van der Waals surface area contributed by atoms with Crippen LogP contribution in [0, 0.1) is 12.3 Å². The number of fused-ring (bicyclic) bond motifs is 1. The molecule has 0 saturated heterocycles. The quantitative estimate of drug-likeness (QED) is 0.297. The maximum absolute atomic E-state index is 6.19. The molecule has 0 fully saturated rings. The molecular formula is C22H23N3O4. The van der Waals surface area contributed by atoms with Gasteiger partial charge < -0.3 is 9.47 Å². The highest BCUT2D eigenvalue weighted by Crippen LogP contribution is 2.28. The van der Waals surface area contributed by atoms with Gasteiger partial charge in [0.15, 0.2) is 5.82 Å². The SMILES string of the molecule is C#Cc1cccc(C(COC)ON(OCCOC)c2ncnc3ccccc23)c1. The fraction of sp³-hybridized carbons (Fsp3) is 0.273. The van der Waals surface area contributed by atoms with Crippen LogP contribution in [0.1, 0.15) is 17.2 Å². The number of nitrogens with zero attached hydrogens (tertiary/aromatic N) is 3. The molecule has 0 aliphatic heterocycles. The Morgan fingerprint density at radius 1 is 1.03 bits per heavy atom. The van der Waals surface area contributed by atoms with E-state index in [1.807, 2.05) is 48.5 Å². The van der Waals surface area contributed by atoms with E-state index in [0.717, 1.165) is 22.0 Å². The van der Waals surface area contributed by atoms with E-state index in [4.69, 9.17) is 25.6 Å². The third-order valence-corrected chi connectivity index (χ3v) is 4.16. The molecule has 1 atom stereocenters. The molecule has 29 heavy (non-hydrogen) atoms. The second-order valence-electron chi connectivity index (χ2n) is 6.12. The standard InChI is InChI=1S/C22H23N3O4/c1-4-17-8-7-9-18(14-17)21(15-27-3)29-25(28-13-12-26-2)22-19-10-5-6-11-20(19)23-16-24-22/h1,5-11,14,16,21H,12-13,15H2,2-3H3. The van der Waals surface area contributed by atoms with Gasteiger partial charge in [-0.1, -0.05) is 30.2 Å². The van der Waals surface area contributed by atoms with Gasteiger partial charge in [0.2, 0.25) is 0 Å². The Balaban J connectivity index is 1.95. The van der Waals surface area contributed by atoms with Crippen molar-refractivity contribution in [3.8, 4) is 12.3 Å². The summed E-state index contributed by atoms with van der Waals surface area (Å²) in [5.41, 5.74) is 2.40. The highest BCUT2D eigenvalue weighted by atomic mass is 17.0. The monoisotopic (exact) mass is 393 g/mol. The molecular weight excluding hydrogens is 370 g/mol. The number of para-hydroxylation sites is 1. The summed E-state index contributed by atoms with van der Waals surface area (Å²) in [5.74, 6) is 3.12. The van der Waals surface area contributed by atoms with Gasteiger partial charge in [-0.15, -0.1) is 11.6 Å². The maximum Gasteiger partial charge on any atom is 0.194 e. The zero-order valence-corrected chi connectivity index (χ0v) is 16.4. The summed E-state index contributed by atoms with van der Waals surface area (Å²) in [6, 6.07) is 15.2. The molecule has 2 aromatic carbocycles. The minimum absolute atomic E-state index is 0.277. The zero-order chi connectivity index (χ0) is 20.5. The minimum Gasteiger partial charge on any atom is -0.382 e. The van der Waals surface area contributed by atoms with E-state index in [1.165, 1.54) is 11.6 Å². The van der Waals surface area contributed by atoms with Crippen LogP contribution >= 0.6 is 0 Å². The first-order chi connectivity index (χ1) is 14.3.